The van der Waals surface area contributed by atoms with Crippen molar-refractivity contribution in [2.45, 2.75) is 32.7 Å². The number of carbonyl (C=O) groups excluding carboxylic acids is 2. The third-order valence-corrected chi connectivity index (χ3v) is 5.97. The van der Waals surface area contributed by atoms with Crippen LogP contribution in [-0.4, -0.2) is 29.8 Å². The summed E-state index contributed by atoms with van der Waals surface area (Å²) in [5.74, 6) is 0.0972. The highest BCUT2D eigenvalue weighted by molar-refractivity contribution is 6.03. The topological polar surface area (TPSA) is 40.6 Å². The molecule has 1 aliphatic heterocycles. The largest absolute Gasteiger partial charge is 0.342 e. The zero-order valence-corrected chi connectivity index (χ0v) is 19.1. The Morgan fingerprint density at radius 2 is 1.61 bits per heavy atom. The van der Waals surface area contributed by atoms with E-state index >= 15 is 0 Å². The third kappa shape index (κ3) is 6.19. The first kappa shape index (κ1) is 22.5. The highest BCUT2D eigenvalue weighted by Gasteiger charge is 2.19. The summed E-state index contributed by atoms with van der Waals surface area (Å²) >= 11 is 0. The van der Waals surface area contributed by atoms with Crippen molar-refractivity contribution in [3.63, 3.8) is 0 Å². The fraction of sp³-hybridized carbons (Fsp3) is 0.241. The average Bonchev–Trinajstić information content (AvgIpc) is 3.38. The van der Waals surface area contributed by atoms with E-state index in [1.54, 1.807) is 11.0 Å². The molecule has 0 aromatic heterocycles. The molecule has 1 saturated heterocycles. The van der Waals surface area contributed by atoms with E-state index in [2.05, 4.69) is 19.1 Å². The van der Waals surface area contributed by atoms with Gasteiger partial charge in [0.15, 0.2) is 0 Å². The first-order valence-electron chi connectivity index (χ1n) is 11.6. The van der Waals surface area contributed by atoms with E-state index < -0.39 is 0 Å². The van der Waals surface area contributed by atoms with E-state index in [4.69, 9.17) is 0 Å². The fourth-order valence-corrected chi connectivity index (χ4v) is 4.16. The number of hydrogen-bond acceptors (Lipinski definition) is 2. The van der Waals surface area contributed by atoms with E-state index in [-0.39, 0.29) is 11.8 Å². The van der Waals surface area contributed by atoms with Crippen LogP contribution in [-0.2, 0) is 22.6 Å². The number of amides is 2. The summed E-state index contributed by atoms with van der Waals surface area (Å²) in [4.78, 5) is 29.4. The van der Waals surface area contributed by atoms with Crippen LogP contribution in [0.2, 0.25) is 0 Å². The first-order valence-corrected chi connectivity index (χ1v) is 11.6. The molecule has 0 aliphatic carbocycles. The molecular weight excluding hydrogens is 408 g/mol. The molecule has 3 aromatic carbocycles. The lowest BCUT2D eigenvalue weighted by molar-refractivity contribution is -0.129. The van der Waals surface area contributed by atoms with Crippen LogP contribution in [0.4, 0.5) is 5.69 Å². The zero-order chi connectivity index (χ0) is 23.0. The van der Waals surface area contributed by atoms with E-state index in [0.717, 1.165) is 53.9 Å². The minimum absolute atomic E-state index is 0.0822. The molecule has 0 bridgehead atoms. The van der Waals surface area contributed by atoms with Crippen LogP contribution in [0.3, 0.4) is 0 Å². The number of anilines is 1. The molecule has 3 aromatic rings. The molecular formula is C29H30N2O2. The summed E-state index contributed by atoms with van der Waals surface area (Å²) in [5, 5.41) is 0. The number of nitrogens with zero attached hydrogens (tertiary/aromatic N) is 2. The van der Waals surface area contributed by atoms with Crippen LogP contribution in [0.25, 0.3) is 6.08 Å². The Morgan fingerprint density at radius 1 is 0.879 bits per heavy atom. The lowest BCUT2D eigenvalue weighted by Gasteiger charge is -2.22. The van der Waals surface area contributed by atoms with Crippen molar-refractivity contribution in [3.8, 4) is 0 Å². The normalized spacial score (nSPS) is 13.4. The second-order valence-corrected chi connectivity index (χ2v) is 8.59. The van der Waals surface area contributed by atoms with Gasteiger partial charge in [-0.15, -0.1) is 0 Å². The van der Waals surface area contributed by atoms with Gasteiger partial charge in [-0.05, 0) is 54.7 Å². The molecule has 2 amide bonds. The van der Waals surface area contributed by atoms with Gasteiger partial charge in [-0.3, -0.25) is 9.59 Å². The second-order valence-electron chi connectivity index (χ2n) is 8.59. The van der Waals surface area contributed by atoms with E-state index in [1.165, 1.54) is 0 Å². The summed E-state index contributed by atoms with van der Waals surface area (Å²) in [6, 6.07) is 25.8. The molecule has 4 heteroatoms. The quantitative estimate of drug-likeness (QED) is 0.463. The van der Waals surface area contributed by atoms with Gasteiger partial charge < -0.3 is 9.80 Å². The van der Waals surface area contributed by atoms with Gasteiger partial charge in [-0.1, -0.05) is 72.3 Å². The monoisotopic (exact) mass is 438 g/mol. The summed E-state index contributed by atoms with van der Waals surface area (Å²) in [5.41, 5.74) is 5.01. The van der Waals surface area contributed by atoms with E-state index in [0.29, 0.717) is 13.0 Å². The van der Waals surface area contributed by atoms with Gasteiger partial charge in [0.2, 0.25) is 5.91 Å². The maximum absolute atomic E-state index is 13.2. The molecule has 1 heterocycles. The average molecular weight is 439 g/mol. The molecule has 0 atom stereocenters. The van der Waals surface area contributed by atoms with Gasteiger partial charge >= 0.3 is 0 Å². The lowest BCUT2D eigenvalue weighted by atomic mass is 10.1. The minimum Gasteiger partial charge on any atom is -0.342 e. The number of carbonyl (C=O) groups is 2. The summed E-state index contributed by atoms with van der Waals surface area (Å²) in [6.07, 6.45) is 6.05. The fourth-order valence-electron chi connectivity index (χ4n) is 4.16. The van der Waals surface area contributed by atoms with Crippen molar-refractivity contribution in [2.75, 3.05) is 18.0 Å². The highest BCUT2D eigenvalue weighted by Crippen LogP contribution is 2.21. The summed E-state index contributed by atoms with van der Waals surface area (Å²) in [7, 11) is 0. The van der Waals surface area contributed by atoms with Gasteiger partial charge in [0, 0.05) is 24.9 Å². The maximum Gasteiger partial charge on any atom is 0.251 e. The molecule has 4 nitrogen and oxygen atoms in total. The molecule has 0 saturated carbocycles. The predicted molar refractivity (Wildman–Crippen MR) is 134 cm³/mol. The second kappa shape index (κ2) is 10.8. The molecule has 0 radical (unpaired) electrons. The van der Waals surface area contributed by atoms with E-state index in [9.17, 15) is 9.59 Å². The van der Waals surface area contributed by atoms with Crippen molar-refractivity contribution in [3.05, 3.63) is 107 Å². The van der Waals surface area contributed by atoms with Crippen molar-refractivity contribution < 1.29 is 9.59 Å². The third-order valence-electron chi connectivity index (χ3n) is 5.97. The van der Waals surface area contributed by atoms with Crippen LogP contribution in [0.5, 0.6) is 0 Å². The first-order chi connectivity index (χ1) is 16.1. The Labute approximate surface area is 196 Å². The van der Waals surface area contributed by atoms with Crippen molar-refractivity contribution in [2.24, 2.45) is 0 Å². The molecule has 0 unspecified atom stereocenters. The zero-order valence-electron chi connectivity index (χ0n) is 19.1. The number of aryl methyl sites for hydroxylation is 1. The smallest absolute Gasteiger partial charge is 0.251 e. The van der Waals surface area contributed by atoms with Crippen molar-refractivity contribution in [1.82, 2.24) is 4.90 Å². The van der Waals surface area contributed by atoms with Gasteiger partial charge in [-0.25, -0.2) is 0 Å². The SMILES string of the molecule is Cc1cccc(CN(C(=O)/C=C/c2ccccc2)c2ccc(CC(=O)N3CCCC3)cc2)c1. The standard InChI is InChI=1S/C29H30N2O2/c1-23-8-7-11-26(20-23)22-31(28(32)17-14-24-9-3-2-4-10-24)27-15-12-25(13-16-27)21-29(33)30-18-5-6-19-30/h2-4,7-17,20H,5-6,18-19,21-22H2,1H3/b17-14+. The predicted octanol–water partition coefficient (Wildman–Crippen LogP) is 5.41. The molecule has 168 valence electrons. The highest BCUT2D eigenvalue weighted by atomic mass is 16.2. The van der Waals surface area contributed by atoms with Gasteiger partial charge in [0.05, 0.1) is 13.0 Å². The van der Waals surface area contributed by atoms with Crippen LogP contribution in [0, 0.1) is 6.92 Å². The maximum atomic E-state index is 13.2. The number of hydrogen-bond donors (Lipinski definition) is 0. The van der Waals surface area contributed by atoms with Crippen LogP contribution >= 0.6 is 0 Å². The molecule has 1 aliphatic rings. The van der Waals surface area contributed by atoms with Gasteiger partial charge in [0.1, 0.15) is 0 Å². The Balaban J connectivity index is 1.53. The molecule has 4 rings (SSSR count). The van der Waals surface area contributed by atoms with E-state index in [1.807, 2.05) is 77.7 Å². The van der Waals surface area contributed by atoms with Crippen LogP contribution in [0.15, 0.2) is 84.9 Å². The molecule has 0 spiro atoms. The van der Waals surface area contributed by atoms with Crippen molar-refractivity contribution in [1.29, 1.82) is 0 Å². The van der Waals surface area contributed by atoms with Gasteiger partial charge in [-0.2, -0.15) is 0 Å². The summed E-state index contributed by atoms with van der Waals surface area (Å²) in [6.45, 7) is 4.26. The molecule has 0 N–H and O–H groups in total. The molecule has 1 fully saturated rings. The summed E-state index contributed by atoms with van der Waals surface area (Å²) < 4.78 is 0. The van der Waals surface area contributed by atoms with Crippen molar-refractivity contribution >= 4 is 23.6 Å². The Bertz CT molecular complexity index is 1110. The minimum atomic E-state index is -0.0822. The lowest BCUT2D eigenvalue weighted by Crippen LogP contribution is -2.29. The van der Waals surface area contributed by atoms with Gasteiger partial charge in [0.25, 0.3) is 5.91 Å². The Kier molecular flexibility index (Phi) is 7.36. The number of benzene rings is 3. The Hall–Kier alpha value is -3.66. The number of rotatable bonds is 7. The number of likely N-dealkylation sites (tertiary alicyclic amines) is 1. The molecule has 33 heavy (non-hydrogen) atoms. The van der Waals surface area contributed by atoms with Crippen LogP contribution in [0.1, 0.15) is 35.1 Å². The Morgan fingerprint density at radius 3 is 2.30 bits per heavy atom. The van der Waals surface area contributed by atoms with Crippen LogP contribution < -0.4 is 4.90 Å².